The third kappa shape index (κ3) is 5.42. The van der Waals surface area contributed by atoms with Gasteiger partial charge in [0, 0.05) is 13.1 Å². The normalized spacial score (nSPS) is 16.4. The average molecular weight is 337 g/mol. The first-order valence-corrected chi connectivity index (χ1v) is 9.71. The maximum absolute atomic E-state index is 2.64. The van der Waals surface area contributed by atoms with Gasteiger partial charge in [0.25, 0.3) is 0 Å². The largest absolute Gasteiger partial charge is 0.309 e. The molecule has 2 nitrogen and oxygen atoms in total. The minimum atomic E-state index is 0.742. The van der Waals surface area contributed by atoms with Crippen molar-refractivity contribution in [2.75, 3.05) is 40.3 Å². The zero-order chi connectivity index (χ0) is 17.5. The molecule has 3 rings (SSSR count). The van der Waals surface area contributed by atoms with E-state index in [0.29, 0.717) is 0 Å². The molecule has 2 aromatic rings. The molecule has 0 bridgehead atoms. The van der Waals surface area contributed by atoms with Crippen LogP contribution in [0.2, 0.25) is 0 Å². The van der Waals surface area contributed by atoms with Crippen molar-refractivity contribution in [1.82, 2.24) is 9.80 Å². The summed E-state index contributed by atoms with van der Waals surface area (Å²) in [6.07, 6.45) is 4.93. The smallest absolute Gasteiger partial charge is 0.00218 e. The van der Waals surface area contributed by atoms with E-state index in [-0.39, 0.29) is 0 Å². The van der Waals surface area contributed by atoms with Crippen LogP contribution in [-0.4, -0.2) is 50.1 Å². The lowest BCUT2D eigenvalue weighted by molar-refractivity contribution is 0.214. The average Bonchev–Trinajstić information content (AvgIpc) is 2.66. The van der Waals surface area contributed by atoms with Crippen LogP contribution in [0, 0.1) is 0 Å². The van der Waals surface area contributed by atoms with Crippen molar-refractivity contribution in [2.45, 2.75) is 31.6 Å². The number of rotatable bonds is 7. The Morgan fingerprint density at radius 2 is 1.56 bits per heavy atom. The summed E-state index contributed by atoms with van der Waals surface area (Å²) in [5.74, 6) is 0.742. The lowest BCUT2D eigenvalue weighted by Crippen LogP contribution is -2.34. The quantitative estimate of drug-likeness (QED) is 0.747. The molecule has 1 aliphatic rings. The highest BCUT2D eigenvalue weighted by Gasteiger charge is 2.22. The first-order chi connectivity index (χ1) is 12.2. The van der Waals surface area contributed by atoms with E-state index in [0.717, 1.165) is 18.9 Å². The van der Waals surface area contributed by atoms with Gasteiger partial charge >= 0.3 is 0 Å². The summed E-state index contributed by atoms with van der Waals surface area (Å²) in [6.45, 7) is 4.80. The third-order valence-corrected chi connectivity index (χ3v) is 5.47. The molecule has 25 heavy (non-hydrogen) atoms. The third-order valence-electron chi connectivity index (χ3n) is 5.47. The van der Waals surface area contributed by atoms with Gasteiger partial charge in [-0.1, -0.05) is 54.6 Å². The van der Waals surface area contributed by atoms with Crippen molar-refractivity contribution in [2.24, 2.45) is 0 Å². The molecule has 2 aromatic carbocycles. The van der Waals surface area contributed by atoms with Gasteiger partial charge in [0.15, 0.2) is 0 Å². The van der Waals surface area contributed by atoms with E-state index < -0.39 is 0 Å². The molecule has 134 valence electrons. The zero-order valence-electron chi connectivity index (χ0n) is 15.8. The van der Waals surface area contributed by atoms with Crippen molar-refractivity contribution in [1.29, 1.82) is 0 Å². The second-order valence-corrected chi connectivity index (χ2v) is 7.60. The van der Waals surface area contributed by atoms with Crippen LogP contribution in [0.25, 0.3) is 0 Å². The zero-order valence-corrected chi connectivity index (χ0v) is 15.8. The van der Waals surface area contributed by atoms with Gasteiger partial charge in [-0.25, -0.2) is 0 Å². The Bertz CT molecular complexity index is 628. The number of nitrogens with zero attached hydrogens (tertiary/aromatic N) is 2. The van der Waals surface area contributed by atoms with Crippen LogP contribution < -0.4 is 0 Å². The molecule has 0 unspecified atom stereocenters. The number of hydrogen-bond donors (Lipinski definition) is 0. The summed E-state index contributed by atoms with van der Waals surface area (Å²) in [5, 5.41) is 0. The monoisotopic (exact) mass is 336 g/mol. The molecule has 0 saturated carbocycles. The molecule has 1 saturated heterocycles. The van der Waals surface area contributed by atoms with E-state index in [2.05, 4.69) is 78.5 Å². The predicted molar refractivity (Wildman–Crippen MR) is 107 cm³/mol. The van der Waals surface area contributed by atoms with Crippen LogP contribution in [0.15, 0.2) is 54.6 Å². The number of likely N-dealkylation sites (tertiary alicyclic amines) is 1. The van der Waals surface area contributed by atoms with Crippen molar-refractivity contribution in [3.63, 3.8) is 0 Å². The lowest BCUT2D eigenvalue weighted by atomic mass is 9.85. The highest BCUT2D eigenvalue weighted by atomic mass is 15.1. The molecule has 0 radical (unpaired) electrons. The van der Waals surface area contributed by atoms with Gasteiger partial charge in [0.1, 0.15) is 0 Å². The Kier molecular flexibility index (Phi) is 6.66. The van der Waals surface area contributed by atoms with E-state index in [1.807, 2.05) is 0 Å². The summed E-state index contributed by atoms with van der Waals surface area (Å²) in [6, 6.07) is 20.0. The van der Waals surface area contributed by atoms with Crippen molar-refractivity contribution in [3.8, 4) is 0 Å². The van der Waals surface area contributed by atoms with Gasteiger partial charge in [0.05, 0.1) is 0 Å². The molecular weight excluding hydrogens is 304 g/mol. The Morgan fingerprint density at radius 3 is 2.28 bits per heavy atom. The molecule has 1 heterocycles. The van der Waals surface area contributed by atoms with E-state index in [9.17, 15) is 0 Å². The van der Waals surface area contributed by atoms with E-state index in [4.69, 9.17) is 0 Å². The van der Waals surface area contributed by atoms with Crippen LogP contribution in [-0.2, 0) is 12.8 Å². The van der Waals surface area contributed by atoms with Gasteiger partial charge in [-0.2, -0.15) is 0 Å². The summed E-state index contributed by atoms with van der Waals surface area (Å²) in [4.78, 5) is 4.93. The fourth-order valence-corrected chi connectivity index (χ4v) is 3.90. The van der Waals surface area contributed by atoms with Crippen LogP contribution in [0.5, 0.6) is 0 Å². The molecule has 0 N–H and O–H groups in total. The van der Waals surface area contributed by atoms with Gasteiger partial charge in [-0.15, -0.1) is 0 Å². The topological polar surface area (TPSA) is 6.48 Å². The fourth-order valence-electron chi connectivity index (χ4n) is 3.90. The molecule has 1 fully saturated rings. The maximum Gasteiger partial charge on any atom is 0.00218 e. The van der Waals surface area contributed by atoms with Crippen molar-refractivity contribution in [3.05, 3.63) is 71.3 Å². The number of piperidine rings is 1. The second kappa shape index (κ2) is 9.17. The van der Waals surface area contributed by atoms with Gasteiger partial charge in [-0.3, -0.25) is 0 Å². The Hall–Kier alpha value is -1.64. The summed E-state index contributed by atoms with van der Waals surface area (Å²) >= 11 is 0. The Morgan fingerprint density at radius 1 is 0.880 bits per heavy atom. The molecule has 0 spiro atoms. The molecule has 1 aliphatic heterocycles. The molecule has 0 atom stereocenters. The van der Waals surface area contributed by atoms with Crippen LogP contribution >= 0.6 is 0 Å². The highest BCUT2D eigenvalue weighted by molar-refractivity contribution is 5.31. The first kappa shape index (κ1) is 18.2. The van der Waals surface area contributed by atoms with E-state index in [1.165, 1.54) is 44.5 Å². The van der Waals surface area contributed by atoms with Crippen LogP contribution in [0.1, 0.15) is 35.4 Å². The summed E-state index contributed by atoms with van der Waals surface area (Å²) < 4.78 is 0. The Balaban J connectivity index is 1.52. The van der Waals surface area contributed by atoms with Crippen molar-refractivity contribution >= 4 is 0 Å². The van der Waals surface area contributed by atoms with Gasteiger partial charge < -0.3 is 9.80 Å². The molecule has 0 aliphatic carbocycles. The maximum atomic E-state index is 2.64. The number of benzene rings is 2. The summed E-state index contributed by atoms with van der Waals surface area (Å²) in [7, 11) is 4.32. The summed E-state index contributed by atoms with van der Waals surface area (Å²) in [5.41, 5.74) is 4.62. The molecular formula is C23H32N2. The standard InChI is InChI=1S/C23H32N2/c1-24(2)16-13-21-10-6-7-11-23(21)22-14-18-25(19-15-22)17-12-20-8-4-3-5-9-20/h3-11,22H,12-19H2,1-2H3. The minimum Gasteiger partial charge on any atom is -0.309 e. The van der Waals surface area contributed by atoms with Crippen molar-refractivity contribution < 1.29 is 0 Å². The second-order valence-electron chi connectivity index (χ2n) is 7.60. The van der Waals surface area contributed by atoms with Gasteiger partial charge in [0.2, 0.25) is 0 Å². The lowest BCUT2D eigenvalue weighted by Gasteiger charge is -2.33. The van der Waals surface area contributed by atoms with Crippen LogP contribution in [0.4, 0.5) is 0 Å². The minimum absolute atomic E-state index is 0.742. The fraction of sp³-hybridized carbons (Fsp3) is 0.478. The van der Waals surface area contributed by atoms with E-state index in [1.54, 1.807) is 11.1 Å². The number of hydrogen-bond acceptors (Lipinski definition) is 2. The Labute approximate surface area is 153 Å². The van der Waals surface area contributed by atoms with E-state index >= 15 is 0 Å². The van der Waals surface area contributed by atoms with Gasteiger partial charge in [-0.05, 0) is 75.5 Å². The molecule has 2 heteroatoms. The SMILES string of the molecule is CN(C)CCc1ccccc1C1CCN(CCc2ccccc2)CC1. The first-order valence-electron chi connectivity index (χ1n) is 9.71. The highest BCUT2D eigenvalue weighted by Crippen LogP contribution is 2.30. The molecule has 0 aromatic heterocycles. The molecule has 0 amide bonds. The predicted octanol–water partition coefficient (Wildman–Crippen LogP) is 4.21. The number of likely N-dealkylation sites (N-methyl/N-ethyl adjacent to an activating group) is 1. The van der Waals surface area contributed by atoms with Crippen LogP contribution in [0.3, 0.4) is 0 Å².